The number of unbranched alkanes of at least 4 members (excludes halogenated alkanes) is 1. The molecule has 0 aliphatic heterocycles. The highest BCUT2D eigenvalue weighted by atomic mass is 32.3. The maximum Gasteiger partial charge on any atom is 0.470 e. The van der Waals surface area contributed by atoms with Crippen molar-refractivity contribution in [2.24, 2.45) is 0 Å². The summed E-state index contributed by atoms with van der Waals surface area (Å²) in [4.78, 5) is 10.6. The maximum absolute atomic E-state index is 12.5. The van der Waals surface area contributed by atoms with E-state index < -0.39 is 28.1 Å². The molecule has 0 bridgehead atoms. The van der Waals surface area contributed by atoms with Crippen molar-refractivity contribution in [1.82, 2.24) is 0 Å². The highest BCUT2D eigenvalue weighted by Gasteiger charge is 2.55. The van der Waals surface area contributed by atoms with Gasteiger partial charge in [0, 0.05) is 0 Å². The Kier molecular flexibility index (Phi) is 6.67. The van der Waals surface area contributed by atoms with Crippen molar-refractivity contribution in [2.75, 3.05) is 6.61 Å². The van der Waals surface area contributed by atoms with Gasteiger partial charge in [0.05, 0.1) is 0 Å². The first-order valence-electron chi connectivity index (χ1n) is 4.99. The zero-order valence-corrected chi connectivity index (χ0v) is 10.4. The Morgan fingerprint density at radius 2 is 1.78 bits per heavy atom. The molecule has 0 aliphatic carbocycles. The van der Waals surface area contributed by atoms with Crippen LogP contribution >= 0.6 is 0 Å². The van der Waals surface area contributed by atoms with E-state index in [-0.39, 0.29) is 0 Å². The summed E-state index contributed by atoms with van der Waals surface area (Å²) in [6.45, 7) is 1.30. The number of alkyl halides is 2. The van der Waals surface area contributed by atoms with Crippen LogP contribution in [-0.2, 0) is 19.8 Å². The molecule has 0 heterocycles. The average molecular weight is 286 g/mol. The number of ether oxygens (including phenoxy) is 1. The van der Waals surface area contributed by atoms with Crippen LogP contribution in [0.1, 0.15) is 19.8 Å². The Balaban J connectivity index is 4.13. The van der Waals surface area contributed by atoms with Gasteiger partial charge in [-0.15, -0.1) is 0 Å². The van der Waals surface area contributed by atoms with Gasteiger partial charge in [0.15, 0.2) is 0 Å². The molecule has 0 atom stereocenters. The van der Waals surface area contributed by atoms with Gasteiger partial charge in [0.1, 0.15) is 6.61 Å². The molecular weight excluding hydrogens is 273 g/mol. The molecule has 0 rings (SSSR count). The van der Waals surface area contributed by atoms with Crippen LogP contribution in [0.3, 0.4) is 0 Å². The van der Waals surface area contributed by atoms with E-state index in [2.05, 4.69) is 4.74 Å². The molecule has 8 heteroatoms. The van der Waals surface area contributed by atoms with Crippen LogP contribution < -0.4 is 0 Å². The summed E-state index contributed by atoms with van der Waals surface area (Å²) in [7, 11) is -6.30. The molecule has 0 aliphatic rings. The number of hydrogen-bond acceptors (Lipinski definition) is 4. The minimum atomic E-state index is -6.30. The van der Waals surface area contributed by atoms with Crippen molar-refractivity contribution < 1.29 is 30.6 Å². The molecule has 0 spiro atoms. The van der Waals surface area contributed by atoms with E-state index in [0.717, 1.165) is 6.42 Å². The minimum Gasteiger partial charge on any atom is -0.456 e. The van der Waals surface area contributed by atoms with Gasteiger partial charge in [0.25, 0.3) is 0 Å². The highest BCUT2D eigenvalue weighted by Crippen LogP contribution is 2.24. The van der Waals surface area contributed by atoms with Gasteiger partial charge in [-0.25, -0.2) is 4.79 Å². The normalized spacial score (nSPS) is 13.3. The molecule has 0 amide bonds. The molecule has 104 valence electrons. The second-order valence-electron chi connectivity index (χ2n) is 3.17. The van der Waals surface area contributed by atoms with Gasteiger partial charge in [-0.3, -0.25) is 0 Å². The molecule has 4 nitrogen and oxygen atoms in total. The molecule has 0 aromatic heterocycles. The van der Waals surface area contributed by atoms with Gasteiger partial charge in [0.2, 0.25) is 0 Å². The van der Waals surface area contributed by atoms with Crippen LogP contribution in [0.25, 0.3) is 0 Å². The van der Waals surface area contributed by atoms with Crippen molar-refractivity contribution in [3.8, 4) is 0 Å². The zero-order valence-electron chi connectivity index (χ0n) is 9.61. The van der Waals surface area contributed by atoms with E-state index in [0.29, 0.717) is 6.42 Å². The third-order valence-electron chi connectivity index (χ3n) is 1.76. The summed E-state index contributed by atoms with van der Waals surface area (Å²) < 4.78 is 60.9. The lowest BCUT2D eigenvalue weighted by molar-refractivity contribution is -0.159. The third kappa shape index (κ3) is 5.35. The number of esters is 1. The Bertz CT molecular complexity index is 426. The standard InChI is InChI=1S/C10H13F3O4S/c1-2-3-4-5-6-7-8-17-9(14)10(11,12)18(13,15)16/h2-3,6-7H,4-5,8H2,1H3/b3-2+,7-6+. The van der Waals surface area contributed by atoms with E-state index >= 15 is 0 Å². The fourth-order valence-corrected chi connectivity index (χ4v) is 1.11. The lowest BCUT2D eigenvalue weighted by atomic mass is 10.3. The number of carbonyl (C=O) groups is 1. The molecule has 18 heavy (non-hydrogen) atoms. The number of halogens is 3. The average Bonchev–Trinajstić information content (AvgIpc) is 2.26. The molecule has 0 aromatic rings. The van der Waals surface area contributed by atoms with Crippen LogP contribution in [-0.4, -0.2) is 26.2 Å². The van der Waals surface area contributed by atoms with Gasteiger partial charge in [-0.2, -0.15) is 17.2 Å². The van der Waals surface area contributed by atoms with Crippen molar-refractivity contribution in [2.45, 2.75) is 25.0 Å². The van der Waals surface area contributed by atoms with Crippen molar-refractivity contribution in [3.05, 3.63) is 24.3 Å². The fraction of sp³-hybridized carbons (Fsp3) is 0.500. The number of hydrogen-bond donors (Lipinski definition) is 0. The second kappa shape index (κ2) is 7.20. The fourth-order valence-electron chi connectivity index (χ4n) is 0.852. The number of allylic oxidation sites excluding steroid dienone is 3. The largest absolute Gasteiger partial charge is 0.470 e. The van der Waals surface area contributed by atoms with Crippen molar-refractivity contribution in [1.29, 1.82) is 0 Å². The Hall–Kier alpha value is -1.31. The van der Waals surface area contributed by atoms with Crippen LogP contribution in [0.5, 0.6) is 0 Å². The van der Waals surface area contributed by atoms with Crippen molar-refractivity contribution in [3.63, 3.8) is 0 Å². The van der Waals surface area contributed by atoms with Crippen LogP contribution in [0.15, 0.2) is 24.3 Å². The second-order valence-corrected chi connectivity index (χ2v) is 4.56. The first-order valence-corrected chi connectivity index (χ1v) is 6.37. The van der Waals surface area contributed by atoms with E-state index in [4.69, 9.17) is 0 Å². The van der Waals surface area contributed by atoms with E-state index in [9.17, 15) is 25.9 Å². The van der Waals surface area contributed by atoms with E-state index in [1.807, 2.05) is 19.1 Å². The maximum atomic E-state index is 12.5. The Morgan fingerprint density at radius 3 is 2.28 bits per heavy atom. The summed E-state index contributed by atoms with van der Waals surface area (Å²) in [5.41, 5.74) is 0. The minimum absolute atomic E-state index is 0.542. The van der Waals surface area contributed by atoms with Gasteiger partial charge in [-0.1, -0.05) is 28.2 Å². The quantitative estimate of drug-likeness (QED) is 0.312. The summed E-state index contributed by atoms with van der Waals surface area (Å²) in [5, 5.41) is -5.16. The van der Waals surface area contributed by atoms with E-state index in [1.54, 1.807) is 6.08 Å². The first-order chi connectivity index (χ1) is 8.23. The summed E-state index contributed by atoms with van der Waals surface area (Å²) >= 11 is 0. The predicted molar refractivity (Wildman–Crippen MR) is 59.1 cm³/mol. The molecular formula is C10H13F3O4S. The summed E-state index contributed by atoms with van der Waals surface area (Å²) in [6.07, 6.45) is 7.88. The Morgan fingerprint density at radius 1 is 1.22 bits per heavy atom. The topological polar surface area (TPSA) is 60.4 Å². The molecule has 0 unspecified atom stereocenters. The first kappa shape index (κ1) is 16.7. The van der Waals surface area contributed by atoms with Gasteiger partial charge >= 0.3 is 21.4 Å². The highest BCUT2D eigenvalue weighted by molar-refractivity contribution is 7.88. The summed E-state index contributed by atoms with van der Waals surface area (Å²) in [6, 6.07) is 0. The third-order valence-corrected chi connectivity index (χ3v) is 2.54. The van der Waals surface area contributed by atoms with Gasteiger partial charge < -0.3 is 4.74 Å². The van der Waals surface area contributed by atoms with E-state index in [1.165, 1.54) is 6.08 Å². The smallest absolute Gasteiger partial charge is 0.456 e. The lowest BCUT2D eigenvalue weighted by Crippen LogP contribution is -2.36. The zero-order chi connectivity index (χ0) is 14.2. The van der Waals surface area contributed by atoms with Crippen LogP contribution in [0.2, 0.25) is 0 Å². The molecule has 0 fully saturated rings. The predicted octanol–water partition coefficient (Wildman–Crippen LogP) is 2.33. The SMILES string of the molecule is C/C=C/CC/C=C/COC(=O)C(F)(F)S(=O)(=O)F. The molecule has 0 radical (unpaired) electrons. The summed E-state index contributed by atoms with van der Waals surface area (Å²) in [5.74, 6) is -2.43. The Labute approximate surface area is 103 Å². The number of rotatable bonds is 7. The molecule has 0 saturated carbocycles. The van der Waals surface area contributed by atoms with Crippen LogP contribution in [0.4, 0.5) is 12.7 Å². The monoisotopic (exact) mass is 286 g/mol. The van der Waals surface area contributed by atoms with Gasteiger partial charge in [-0.05, 0) is 19.8 Å². The molecule has 0 aromatic carbocycles. The molecule has 0 saturated heterocycles. The molecule has 0 N–H and O–H groups in total. The lowest BCUT2D eigenvalue weighted by Gasteiger charge is -2.09. The van der Waals surface area contributed by atoms with Crippen molar-refractivity contribution >= 4 is 16.2 Å². The van der Waals surface area contributed by atoms with Crippen LogP contribution in [0, 0.1) is 0 Å². The number of carbonyl (C=O) groups excluding carboxylic acids is 1.